The van der Waals surface area contributed by atoms with Crippen molar-refractivity contribution >= 4 is 27.3 Å². The highest BCUT2D eigenvalue weighted by Crippen LogP contribution is 2.44. The lowest BCUT2D eigenvalue weighted by Gasteiger charge is -2.44. The highest BCUT2D eigenvalue weighted by molar-refractivity contribution is 7.89. The van der Waals surface area contributed by atoms with E-state index in [2.05, 4.69) is 4.90 Å². The predicted molar refractivity (Wildman–Crippen MR) is 100 cm³/mol. The number of hydrogen-bond acceptors (Lipinski definition) is 6. The SMILES string of the molecule is CN(C)S(=O)(=O)CCCN1CCC2(CC1)OCCc1sc(C(=O)O)cc12. The lowest BCUT2D eigenvalue weighted by Crippen LogP contribution is -2.46. The molecule has 1 fully saturated rings. The summed E-state index contributed by atoms with van der Waals surface area (Å²) in [4.78, 5) is 15.1. The number of carbonyl (C=O) groups is 1. The molecule has 0 bridgehead atoms. The Morgan fingerprint density at radius 3 is 2.69 bits per heavy atom. The van der Waals surface area contributed by atoms with Crippen LogP contribution in [0.25, 0.3) is 0 Å². The Hall–Kier alpha value is -1.00. The van der Waals surface area contributed by atoms with Crippen LogP contribution in [-0.4, -0.2) is 74.8 Å². The first kappa shape index (κ1) is 19.8. The van der Waals surface area contributed by atoms with Crippen LogP contribution in [0.3, 0.4) is 0 Å². The summed E-state index contributed by atoms with van der Waals surface area (Å²) < 4.78 is 31.1. The summed E-state index contributed by atoms with van der Waals surface area (Å²) in [7, 11) is -0.0242. The second kappa shape index (κ2) is 7.55. The smallest absolute Gasteiger partial charge is 0.345 e. The van der Waals surface area contributed by atoms with E-state index in [1.807, 2.05) is 0 Å². The van der Waals surface area contributed by atoms with Crippen LogP contribution in [0.4, 0.5) is 0 Å². The first-order valence-corrected chi connectivity index (χ1v) is 11.3. The van der Waals surface area contributed by atoms with E-state index in [4.69, 9.17) is 4.74 Å². The number of hydrogen-bond donors (Lipinski definition) is 1. The van der Waals surface area contributed by atoms with Crippen LogP contribution < -0.4 is 0 Å². The fourth-order valence-corrected chi connectivity index (χ4v) is 5.66. The molecule has 0 aromatic carbocycles. The van der Waals surface area contributed by atoms with Gasteiger partial charge in [0.2, 0.25) is 10.0 Å². The average Bonchev–Trinajstić information content (AvgIpc) is 3.03. The standard InChI is InChI=1S/C17H26N2O5S2/c1-18(2)26(22,23)11-3-7-19-8-5-17(6-9-19)13-12-15(16(20)21)25-14(13)4-10-24-17/h12H,3-11H2,1-2H3,(H,20,21). The van der Waals surface area contributed by atoms with E-state index in [1.54, 1.807) is 20.2 Å². The lowest BCUT2D eigenvalue weighted by molar-refractivity contribution is -0.0969. The molecule has 1 aromatic rings. The number of ether oxygens (including phenoxy) is 1. The molecule has 1 N–H and O–H groups in total. The Kier molecular flexibility index (Phi) is 5.74. The number of piperidine rings is 1. The molecule has 3 rings (SSSR count). The Labute approximate surface area is 158 Å². The van der Waals surface area contributed by atoms with Crippen LogP contribution in [0.2, 0.25) is 0 Å². The van der Waals surface area contributed by atoms with Crippen molar-refractivity contribution in [1.82, 2.24) is 9.21 Å². The van der Waals surface area contributed by atoms with Crippen molar-refractivity contribution in [1.29, 1.82) is 0 Å². The van der Waals surface area contributed by atoms with Gasteiger partial charge in [0, 0.05) is 38.5 Å². The summed E-state index contributed by atoms with van der Waals surface area (Å²) in [5.74, 6) is -0.714. The molecular weight excluding hydrogens is 376 g/mol. The molecule has 1 saturated heterocycles. The van der Waals surface area contributed by atoms with E-state index in [-0.39, 0.29) is 11.4 Å². The van der Waals surface area contributed by atoms with Crippen molar-refractivity contribution in [2.75, 3.05) is 46.1 Å². The molecule has 3 heterocycles. The predicted octanol–water partition coefficient (Wildman–Crippen LogP) is 1.59. The van der Waals surface area contributed by atoms with Gasteiger partial charge in [-0.2, -0.15) is 0 Å². The van der Waals surface area contributed by atoms with Crippen molar-refractivity contribution in [3.8, 4) is 0 Å². The van der Waals surface area contributed by atoms with Gasteiger partial charge in [0.25, 0.3) is 0 Å². The summed E-state index contributed by atoms with van der Waals surface area (Å²) in [6, 6.07) is 1.79. The van der Waals surface area contributed by atoms with Crippen molar-refractivity contribution < 1.29 is 23.1 Å². The minimum atomic E-state index is -3.14. The maximum absolute atomic E-state index is 11.8. The van der Waals surface area contributed by atoms with Crippen LogP contribution in [0, 0.1) is 0 Å². The van der Waals surface area contributed by atoms with E-state index in [0.717, 1.165) is 49.3 Å². The number of likely N-dealkylation sites (tertiary alicyclic amines) is 1. The average molecular weight is 403 g/mol. The minimum Gasteiger partial charge on any atom is -0.477 e. The largest absolute Gasteiger partial charge is 0.477 e. The highest BCUT2D eigenvalue weighted by atomic mass is 32.2. The fourth-order valence-electron chi connectivity index (χ4n) is 3.73. The van der Waals surface area contributed by atoms with E-state index in [1.165, 1.54) is 15.6 Å². The second-order valence-corrected chi connectivity index (χ2v) is 10.6. The molecule has 0 saturated carbocycles. The molecule has 2 aliphatic rings. The summed E-state index contributed by atoms with van der Waals surface area (Å²) >= 11 is 1.37. The molecule has 7 nitrogen and oxygen atoms in total. The van der Waals surface area contributed by atoms with Crippen LogP contribution in [0.5, 0.6) is 0 Å². The van der Waals surface area contributed by atoms with Gasteiger partial charge < -0.3 is 14.7 Å². The third-order valence-electron chi connectivity index (χ3n) is 5.31. The first-order valence-electron chi connectivity index (χ1n) is 8.86. The third-order valence-corrected chi connectivity index (χ3v) is 8.41. The van der Waals surface area contributed by atoms with Crippen molar-refractivity contribution in [3.05, 3.63) is 21.4 Å². The molecular formula is C17H26N2O5S2. The topological polar surface area (TPSA) is 87.2 Å². The summed E-state index contributed by atoms with van der Waals surface area (Å²) in [5.41, 5.74) is 0.685. The van der Waals surface area contributed by atoms with Crippen molar-refractivity contribution in [2.45, 2.75) is 31.3 Å². The van der Waals surface area contributed by atoms with Crippen LogP contribution in [-0.2, 0) is 26.8 Å². The number of rotatable bonds is 6. The van der Waals surface area contributed by atoms with Crippen LogP contribution >= 0.6 is 11.3 Å². The number of sulfonamides is 1. The third kappa shape index (κ3) is 3.96. The van der Waals surface area contributed by atoms with Gasteiger partial charge in [-0.15, -0.1) is 11.3 Å². The molecule has 0 unspecified atom stereocenters. The van der Waals surface area contributed by atoms with Gasteiger partial charge in [0.1, 0.15) is 4.88 Å². The number of carboxylic acids is 1. The minimum absolute atomic E-state index is 0.162. The zero-order valence-electron chi connectivity index (χ0n) is 15.2. The Morgan fingerprint density at radius 1 is 1.38 bits per heavy atom. The number of thiophene rings is 1. The van der Waals surface area contributed by atoms with Gasteiger partial charge in [-0.3, -0.25) is 0 Å². The molecule has 0 radical (unpaired) electrons. The monoisotopic (exact) mass is 402 g/mol. The Morgan fingerprint density at radius 2 is 2.08 bits per heavy atom. The number of aromatic carboxylic acids is 1. The van der Waals surface area contributed by atoms with Gasteiger partial charge in [0.15, 0.2) is 0 Å². The molecule has 0 aliphatic carbocycles. The molecule has 26 heavy (non-hydrogen) atoms. The number of carboxylic acid groups (broad SMARTS) is 1. The van der Waals surface area contributed by atoms with Crippen molar-refractivity contribution in [3.63, 3.8) is 0 Å². The van der Waals surface area contributed by atoms with Crippen molar-refractivity contribution in [2.24, 2.45) is 0 Å². The molecule has 146 valence electrons. The van der Waals surface area contributed by atoms with Crippen LogP contribution in [0.1, 0.15) is 39.4 Å². The van der Waals surface area contributed by atoms with Gasteiger partial charge in [-0.25, -0.2) is 17.5 Å². The van der Waals surface area contributed by atoms with E-state index in [0.29, 0.717) is 17.9 Å². The van der Waals surface area contributed by atoms with E-state index >= 15 is 0 Å². The molecule has 2 aliphatic heterocycles. The van der Waals surface area contributed by atoms with E-state index in [9.17, 15) is 18.3 Å². The molecule has 0 atom stereocenters. The fraction of sp³-hybridized carbons (Fsp3) is 0.706. The summed E-state index contributed by atoms with van der Waals surface area (Å²) in [6.07, 6.45) is 3.02. The Bertz CT molecular complexity index is 764. The van der Waals surface area contributed by atoms with Gasteiger partial charge in [-0.1, -0.05) is 0 Å². The summed E-state index contributed by atoms with van der Waals surface area (Å²) in [6.45, 7) is 3.05. The van der Waals surface area contributed by atoms with Crippen LogP contribution in [0.15, 0.2) is 6.07 Å². The maximum atomic E-state index is 11.8. The maximum Gasteiger partial charge on any atom is 0.345 e. The highest BCUT2D eigenvalue weighted by Gasteiger charge is 2.42. The van der Waals surface area contributed by atoms with Gasteiger partial charge >= 0.3 is 5.97 Å². The number of nitrogens with zero attached hydrogens (tertiary/aromatic N) is 2. The Balaban J connectivity index is 1.60. The zero-order valence-corrected chi connectivity index (χ0v) is 16.9. The quantitative estimate of drug-likeness (QED) is 0.778. The molecule has 1 spiro atoms. The number of fused-ring (bicyclic) bond motifs is 2. The van der Waals surface area contributed by atoms with E-state index < -0.39 is 16.0 Å². The normalized spacial score (nSPS) is 20.4. The second-order valence-electron chi connectivity index (χ2n) is 7.14. The van der Waals surface area contributed by atoms with Gasteiger partial charge in [0.05, 0.1) is 18.0 Å². The lowest BCUT2D eigenvalue weighted by atomic mass is 9.82. The summed E-state index contributed by atoms with van der Waals surface area (Å²) in [5, 5.41) is 9.27. The zero-order chi connectivity index (χ0) is 18.9. The van der Waals surface area contributed by atoms with Gasteiger partial charge in [-0.05, 0) is 37.4 Å². The molecule has 9 heteroatoms. The first-order chi connectivity index (χ1) is 12.2. The molecule has 0 amide bonds. The molecule has 1 aromatic heterocycles.